The first-order valence-corrected chi connectivity index (χ1v) is 9.86. The van der Waals surface area contributed by atoms with Gasteiger partial charge < -0.3 is 14.8 Å². The Labute approximate surface area is 154 Å². The quantitative estimate of drug-likeness (QED) is 0.581. The van der Waals surface area contributed by atoms with Crippen molar-refractivity contribution in [1.29, 1.82) is 0 Å². The number of carbonyl (C=O) groups is 1. The van der Waals surface area contributed by atoms with Crippen LogP contribution in [-0.2, 0) is 19.6 Å². The number of methoxy groups -OCH3 is 1. The summed E-state index contributed by atoms with van der Waals surface area (Å²) in [6, 6.07) is 4.31. The Morgan fingerprint density at radius 2 is 1.96 bits per heavy atom. The molecule has 1 amide bonds. The first-order chi connectivity index (χ1) is 11.9. The SMILES string of the molecule is CCN(CC)S(=O)(=O)c1cc(Cl)ccc1OCC(=O)NCCCOC. The van der Waals surface area contributed by atoms with Gasteiger partial charge in [-0.05, 0) is 24.6 Å². The van der Waals surface area contributed by atoms with E-state index in [0.717, 1.165) is 0 Å². The number of benzene rings is 1. The van der Waals surface area contributed by atoms with Gasteiger partial charge >= 0.3 is 0 Å². The predicted molar refractivity (Wildman–Crippen MR) is 96.6 cm³/mol. The van der Waals surface area contributed by atoms with Gasteiger partial charge in [0, 0.05) is 38.4 Å². The van der Waals surface area contributed by atoms with Crippen molar-refractivity contribution in [2.24, 2.45) is 0 Å². The summed E-state index contributed by atoms with van der Waals surface area (Å²) in [6.45, 7) is 4.87. The molecule has 25 heavy (non-hydrogen) atoms. The van der Waals surface area contributed by atoms with Gasteiger partial charge in [0.1, 0.15) is 10.6 Å². The van der Waals surface area contributed by atoms with Crippen LogP contribution in [0, 0.1) is 0 Å². The third kappa shape index (κ3) is 6.47. The second-order valence-electron chi connectivity index (χ2n) is 5.17. The molecule has 1 rings (SSSR count). The second kappa shape index (κ2) is 10.6. The van der Waals surface area contributed by atoms with E-state index < -0.39 is 10.0 Å². The van der Waals surface area contributed by atoms with Crippen LogP contribution in [0.5, 0.6) is 5.75 Å². The van der Waals surface area contributed by atoms with Crippen LogP contribution in [0.4, 0.5) is 0 Å². The highest BCUT2D eigenvalue weighted by Crippen LogP contribution is 2.29. The molecule has 0 aliphatic rings. The molecule has 0 aromatic heterocycles. The zero-order valence-electron chi connectivity index (χ0n) is 14.7. The number of nitrogens with one attached hydrogen (secondary N) is 1. The third-order valence-electron chi connectivity index (χ3n) is 3.44. The highest BCUT2D eigenvalue weighted by Gasteiger charge is 2.26. The van der Waals surface area contributed by atoms with Gasteiger partial charge in [-0.3, -0.25) is 4.79 Å². The first kappa shape index (κ1) is 21.7. The fourth-order valence-corrected chi connectivity index (χ4v) is 4.00. The average molecular weight is 393 g/mol. The molecule has 0 spiro atoms. The number of amides is 1. The summed E-state index contributed by atoms with van der Waals surface area (Å²) in [4.78, 5) is 11.7. The summed E-state index contributed by atoms with van der Waals surface area (Å²) in [5.41, 5.74) is 0. The summed E-state index contributed by atoms with van der Waals surface area (Å²) in [5, 5.41) is 2.95. The normalized spacial score (nSPS) is 11.6. The van der Waals surface area contributed by atoms with E-state index in [1.165, 1.54) is 22.5 Å². The lowest BCUT2D eigenvalue weighted by Gasteiger charge is -2.20. The smallest absolute Gasteiger partial charge is 0.257 e. The number of hydrogen-bond donors (Lipinski definition) is 1. The van der Waals surface area contributed by atoms with Gasteiger partial charge in [-0.1, -0.05) is 25.4 Å². The van der Waals surface area contributed by atoms with Crippen LogP contribution < -0.4 is 10.1 Å². The molecule has 0 heterocycles. The molecule has 0 atom stereocenters. The molecule has 1 N–H and O–H groups in total. The van der Waals surface area contributed by atoms with Crippen LogP contribution in [0.25, 0.3) is 0 Å². The number of carbonyl (C=O) groups excluding carboxylic acids is 1. The summed E-state index contributed by atoms with van der Waals surface area (Å²) < 4.78 is 37.1. The third-order valence-corrected chi connectivity index (χ3v) is 5.74. The van der Waals surface area contributed by atoms with Crippen LogP contribution in [0.3, 0.4) is 0 Å². The monoisotopic (exact) mass is 392 g/mol. The fraction of sp³-hybridized carbons (Fsp3) is 0.562. The van der Waals surface area contributed by atoms with E-state index in [1.54, 1.807) is 21.0 Å². The first-order valence-electron chi connectivity index (χ1n) is 8.04. The minimum Gasteiger partial charge on any atom is -0.482 e. The molecule has 0 saturated carbocycles. The van der Waals surface area contributed by atoms with Crippen molar-refractivity contribution in [3.8, 4) is 5.75 Å². The van der Waals surface area contributed by atoms with E-state index in [4.69, 9.17) is 21.1 Å². The van der Waals surface area contributed by atoms with Crippen molar-refractivity contribution in [3.05, 3.63) is 23.2 Å². The van der Waals surface area contributed by atoms with Gasteiger partial charge in [0.25, 0.3) is 5.91 Å². The lowest BCUT2D eigenvalue weighted by molar-refractivity contribution is -0.123. The highest BCUT2D eigenvalue weighted by atomic mass is 35.5. The van der Waals surface area contributed by atoms with E-state index in [0.29, 0.717) is 32.7 Å². The molecular weight excluding hydrogens is 368 g/mol. The Morgan fingerprint density at radius 1 is 1.28 bits per heavy atom. The Bertz CT molecular complexity index is 662. The number of nitrogens with zero attached hydrogens (tertiary/aromatic N) is 1. The number of sulfonamides is 1. The maximum absolute atomic E-state index is 12.7. The van der Waals surface area contributed by atoms with Gasteiger partial charge in [-0.15, -0.1) is 0 Å². The Morgan fingerprint density at radius 3 is 2.56 bits per heavy atom. The minimum absolute atomic E-state index is 0.0455. The van der Waals surface area contributed by atoms with Gasteiger partial charge in [-0.2, -0.15) is 4.31 Å². The van der Waals surface area contributed by atoms with Crippen LogP contribution in [-0.4, -0.2) is 58.6 Å². The summed E-state index contributed by atoms with van der Waals surface area (Å²) in [7, 11) is -2.16. The Kier molecular flexibility index (Phi) is 9.20. The molecule has 0 saturated heterocycles. The van der Waals surface area contributed by atoms with Crippen molar-refractivity contribution >= 4 is 27.5 Å². The Balaban J connectivity index is 2.86. The molecular formula is C16H25ClN2O5S. The van der Waals surface area contributed by atoms with Gasteiger partial charge in [0.2, 0.25) is 10.0 Å². The molecule has 1 aromatic rings. The molecule has 0 aliphatic carbocycles. The molecule has 0 unspecified atom stereocenters. The van der Waals surface area contributed by atoms with E-state index >= 15 is 0 Å². The molecule has 142 valence electrons. The fourth-order valence-electron chi connectivity index (χ4n) is 2.14. The molecule has 0 aliphatic heterocycles. The standard InChI is InChI=1S/C16H25ClN2O5S/c1-4-19(5-2)25(21,22)15-11-13(17)7-8-14(15)24-12-16(20)18-9-6-10-23-3/h7-8,11H,4-6,9-10,12H2,1-3H3,(H,18,20). The lowest BCUT2D eigenvalue weighted by atomic mass is 10.3. The molecule has 9 heteroatoms. The maximum Gasteiger partial charge on any atom is 0.257 e. The number of rotatable bonds is 11. The van der Waals surface area contributed by atoms with E-state index in [-0.39, 0.29) is 28.2 Å². The summed E-state index contributed by atoms with van der Waals surface area (Å²) in [5.74, 6) is -0.236. The summed E-state index contributed by atoms with van der Waals surface area (Å²) in [6.07, 6.45) is 0.685. The van der Waals surface area contributed by atoms with Gasteiger partial charge in [0.15, 0.2) is 6.61 Å². The molecule has 0 fully saturated rings. The van der Waals surface area contributed by atoms with Crippen molar-refractivity contribution in [3.63, 3.8) is 0 Å². The maximum atomic E-state index is 12.7. The number of ether oxygens (including phenoxy) is 2. The van der Waals surface area contributed by atoms with Crippen LogP contribution in [0.1, 0.15) is 20.3 Å². The van der Waals surface area contributed by atoms with Gasteiger partial charge in [-0.25, -0.2) is 8.42 Å². The van der Waals surface area contributed by atoms with E-state index in [1.807, 2.05) is 0 Å². The Hall–Kier alpha value is -1.35. The zero-order valence-corrected chi connectivity index (χ0v) is 16.3. The van der Waals surface area contributed by atoms with E-state index in [2.05, 4.69) is 5.32 Å². The predicted octanol–water partition coefficient (Wildman–Crippen LogP) is 1.90. The summed E-state index contributed by atoms with van der Waals surface area (Å²) >= 11 is 5.95. The highest BCUT2D eigenvalue weighted by molar-refractivity contribution is 7.89. The molecule has 0 bridgehead atoms. The zero-order chi connectivity index (χ0) is 18.9. The van der Waals surface area contributed by atoms with E-state index in [9.17, 15) is 13.2 Å². The van der Waals surface area contributed by atoms with Crippen molar-refractivity contribution < 1.29 is 22.7 Å². The topological polar surface area (TPSA) is 84.9 Å². The van der Waals surface area contributed by atoms with Crippen molar-refractivity contribution in [2.75, 3.05) is 40.0 Å². The number of hydrogen-bond acceptors (Lipinski definition) is 5. The van der Waals surface area contributed by atoms with Crippen molar-refractivity contribution in [2.45, 2.75) is 25.2 Å². The second-order valence-corrected chi connectivity index (χ2v) is 7.51. The van der Waals surface area contributed by atoms with Crippen LogP contribution >= 0.6 is 11.6 Å². The van der Waals surface area contributed by atoms with Crippen LogP contribution in [0.15, 0.2) is 23.1 Å². The molecule has 1 aromatic carbocycles. The minimum atomic E-state index is -3.75. The average Bonchev–Trinajstić information content (AvgIpc) is 2.58. The number of halogens is 1. The largest absolute Gasteiger partial charge is 0.482 e. The lowest BCUT2D eigenvalue weighted by Crippen LogP contribution is -2.32. The van der Waals surface area contributed by atoms with Crippen molar-refractivity contribution in [1.82, 2.24) is 9.62 Å². The van der Waals surface area contributed by atoms with Gasteiger partial charge in [0.05, 0.1) is 0 Å². The molecule has 0 radical (unpaired) electrons. The molecule has 7 nitrogen and oxygen atoms in total. The van der Waals surface area contributed by atoms with Crippen LogP contribution in [0.2, 0.25) is 5.02 Å².